The van der Waals surface area contributed by atoms with Gasteiger partial charge >= 0.3 is 0 Å². The number of phenols is 1. The maximum absolute atomic E-state index is 12.1. The third-order valence-corrected chi connectivity index (χ3v) is 4.24. The molecular weight excluding hydrogens is 254 g/mol. The van der Waals surface area contributed by atoms with Crippen LogP contribution in [0.4, 0.5) is 0 Å². The van der Waals surface area contributed by atoms with Crippen molar-refractivity contribution in [2.24, 2.45) is 5.92 Å². The summed E-state index contributed by atoms with van der Waals surface area (Å²) < 4.78 is 0. The van der Waals surface area contributed by atoms with Gasteiger partial charge in [0.25, 0.3) is 5.91 Å². The van der Waals surface area contributed by atoms with Gasteiger partial charge in [-0.15, -0.1) is 0 Å². The Morgan fingerprint density at radius 3 is 2.65 bits per heavy atom. The van der Waals surface area contributed by atoms with Crippen molar-refractivity contribution in [3.63, 3.8) is 0 Å². The van der Waals surface area contributed by atoms with Gasteiger partial charge in [-0.05, 0) is 62.3 Å². The molecule has 3 N–H and O–H groups in total. The first-order valence-electron chi connectivity index (χ1n) is 7.20. The summed E-state index contributed by atoms with van der Waals surface area (Å²) >= 11 is 0. The maximum Gasteiger partial charge on any atom is 0.251 e. The standard InChI is InChI=1S/C16H23NO3/c1-11-5-7-16(20,8-6-11)10-17-15(19)14-4-3-13(18)9-12(14)2/h3-4,9,11,18,20H,5-8,10H2,1-2H3,(H,17,19). The van der Waals surface area contributed by atoms with Crippen LogP contribution in [0.15, 0.2) is 18.2 Å². The van der Waals surface area contributed by atoms with E-state index >= 15 is 0 Å². The van der Waals surface area contributed by atoms with Gasteiger partial charge in [-0.1, -0.05) is 6.92 Å². The molecule has 0 spiro atoms. The topological polar surface area (TPSA) is 69.6 Å². The van der Waals surface area contributed by atoms with Crippen LogP contribution >= 0.6 is 0 Å². The van der Waals surface area contributed by atoms with Gasteiger partial charge < -0.3 is 15.5 Å². The molecule has 0 radical (unpaired) electrons. The lowest BCUT2D eigenvalue weighted by Crippen LogP contribution is -2.45. The summed E-state index contributed by atoms with van der Waals surface area (Å²) in [5, 5.41) is 22.6. The lowest BCUT2D eigenvalue weighted by molar-refractivity contribution is -0.00540. The van der Waals surface area contributed by atoms with Crippen molar-refractivity contribution in [3.05, 3.63) is 29.3 Å². The minimum absolute atomic E-state index is 0.152. The molecule has 0 aliphatic heterocycles. The van der Waals surface area contributed by atoms with E-state index in [1.54, 1.807) is 19.1 Å². The summed E-state index contributed by atoms with van der Waals surface area (Å²) in [7, 11) is 0. The van der Waals surface area contributed by atoms with Crippen LogP contribution in [0.3, 0.4) is 0 Å². The molecule has 1 amide bonds. The molecule has 1 fully saturated rings. The molecule has 0 atom stereocenters. The van der Waals surface area contributed by atoms with Crippen LogP contribution in [0.5, 0.6) is 5.75 Å². The van der Waals surface area contributed by atoms with Crippen LogP contribution in [-0.4, -0.2) is 28.3 Å². The zero-order valence-electron chi connectivity index (χ0n) is 12.1. The molecule has 20 heavy (non-hydrogen) atoms. The van der Waals surface area contributed by atoms with E-state index in [1.807, 2.05) is 0 Å². The Kier molecular flexibility index (Phi) is 4.33. The number of phenolic OH excluding ortho intramolecular Hbond substituents is 1. The van der Waals surface area contributed by atoms with E-state index in [0.717, 1.165) is 31.2 Å². The van der Waals surface area contributed by atoms with E-state index in [1.165, 1.54) is 6.07 Å². The SMILES string of the molecule is Cc1cc(O)ccc1C(=O)NCC1(O)CCC(C)CC1. The van der Waals surface area contributed by atoms with E-state index < -0.39 is 5.60 Å². The Balaban J connectivity index is 1.95. The van der Waals surface area contributed by atoms with Gasteiger partial charge in [-0.3, -0.25) is 4.79 Å². The summed E-state index contributed by atoms with van der Waals surface area (Å²) in [5.74, 6) is 0.610. The third-order valence-electron chi connectivity index (χ3n) is 4.24. The molecule has 2 rings (SSSR count). The second-order valence-corrected chi connectivity index (χ2v) is 6.09. The average Bonchev–Trinajstić information content (AvgIpc) is 2.40. The van der Waals surface area contributed by atoms with Gasteiger partial charge in [0.05, 0.1) is 5.60 Å². The van der Waals surface area contributed by atoms with E-state index in [2.05, 4.69) is 12.2 Å². The minimum Gasteiger partial charge on any atom is -0.508 e. The summed E-state index contributed by atoms with van der Waals surface area (Å²) in [6.07, 6.45) is 3.49. The second-order valence-electron chi connectivity index (χ2n) is 6.09. The smallest absolute Gasteiger partial charge is 0.251 e. The number of aryl methyl sites for hydroxylation is 1. The van der Waals surface area contributed by atoms with Gasteiger partial charge in [0.2, 0.25) is 0 Å². The molecule has 1 aliphatic rings. The highest BCUT2D eigenvalue weighted by molar-refractivity contribution is 5.95. The van der Waals surface area contributed by atoms with Crippen molar-refractivity contribution in [1.29, 1.82) is 0 Å². The van der Waals surface area contributed by atoms with E-state index in [-0.39, 0.29) is 11.7 Å². The molecule has 1 saturated carbocycles. The molecule has 0 saturated heterocycles. The molecule has 110 valence electrons. The van der Waals surface area contributed by atoms with E-state index in [4.69, 9.17) is 0 Å². The Bertz CT molecular complexity index is 490. The van der Waals surface area contributed by atoms with Gasteiger partial charge in [-0.2, -0.15) is 0 Å². The predicted molar refractivity (Wildman–Crippen MR) is 77.8 cm³/mol. The van der Waals surface area contributed by atoms with Gasteiger partial charge in [0.15, 0.2) is 0 Å². The number of aliphatic hydroxyl groups is 1. The number of rotatable bonds is 3. The zero-order chi connectivity index (χ0) is 14.8. The number of carbonyl (C=O) groups is 1. The number of carbonyl (C=O) groups excluding carboxylic acids is 1. The Morgan fingerprint density at radius 1 is 1.40 bits per heavy atom. The lowest BCUT2D eigenvalue weighted by Gasteiger charge is -2.35. The Labute approximate surface area is 119 Å². The highest BCUT2D eigenvalue weighted by Crippen LogP contribution is 2.31. The van der Waals surface area contributed by atoms with E-state index in [9.17, 15) is 15.0 Å². The second kappa shape index (κ2) is 5.83. The molecule has 4 heteroatoms. The minimum atomic E-state index is -0.771. The normalized spacial score (nSPS) is 26.2. The number of hydrogen-bond acceptors (Lipinski definition) is 3. The monoisotopic (exact) mass is 277 g/mol. The summed E-state index contributed by atoms with van der Waals surface area (Å²) in [4.78, 5) is 12.1. The molecule has 1 aromatic carbocycles. The van der Waals surface area contributed by atoms with Crippen molar-refractivity contribution < 1.29 is 15.0 Å². The highest BCUT2D eigenvalue weighted by Gasteiger charge is 2.32. The fourth-order valence-corrected chi connectivity index (χ4v) is 2.72. The van der Waals surface area contributed by atoms with Crippen LogP contribution < -0.4 is 5.32 Å². The Hall–Kier alpha value is -1.55. The highest BCUT2D eigenvalue weighted by atomic mass is 16.3. The first-order valence-corrected chi connectivity index (χ1v) is 7.20. The number of amides is 1. The number of nitrogens with one attached hydrogen (secondary N) is 1. The molecule has 0 aromatic heterocycles. The first kappa shape index (κ1) is 14.9. The van der Waals surface area contributed by atoms with E-state index in [0.29, 0.717) is 18.0 Å². The fraction of sp³-hybridized carbons (Fsp3) is 0.562. The first-order chi connectivity index (χ1) is 9.39. The number of benzene rings is 1. The van der Waals surface area contributed by atoms with Crippen molar-refractivity contribution >= 4 is 5.91 Å². The van der Waals surface area contributed by atoms with Gasteiger partial charge in [-0.25, -0.2) is 0 Å². The maximum atomic E-state index is 12.1. The van der Waals surface area contributed by atoms with Gasteiger partial charge in [0.1, 0.15) is 5.75 Å². The van der Waals surface area contributed by atoms with Crippen LogP contribution in [0, 0.1) is 12.8 Å². The van der Waals surface area contributed by atoms with Crippen molar-refractivity contribution in [2.75, 3.05) is 6.54 Å². The van der Waals surface area contributed by atoms with Crippen LogP contribution in [0.1, 0.15) is 48.5 Å². The van der Waals surface area contributed by atoms with Crippen LogP contribution in [0.25, 0.3) is 0 Å². The van der Waals surface area contributed by atoms with Crippen molar-refractivity contribution in [2.45, 2.75) is 45.1 Å². The predicted octanol–water partition coefficient (Wildman–Crippen LogP) is 2.37. The molecule has 1 aliphatic carbocycles. The number of hydrogen-bond donors (Lipinski definition) is 3. The Morgan fingerprint density at radius 2 is 2.05 bits per heavy atom. The van der Waals surface area contributed by atoms with Crippen molar-refractivity contribution in [1.82, 2.24) is 5.32 Å². The molecular formula is C16H23NO3. The molecule has 1 aromatic rings. The largest absolute Gasteiger partial charge is 0.508 e. The fourth-order valence-electron chi connectivity index (χ4n) is 2.72. The van der Waals surface area contributed by atoms with Crippen LogP contribution in [0.2, 0.25) is 0 Å². The van der Waals surface area contributed by atoms with Crippen LogP contribution in [-0.2, 0) is 0 Å². The summed E-state index contributed by atoms with van der Waals surface area (Å²) in [5.41, 5.74) is 0.495. The quantitative estimate of drug-likeness (QED) is 0.794. The molecule has 0 bridgehead atoms. The zero-order valence-corrected chi connectivity index (χ0v) is 12.1. The molecule has 0 unspecified atom stereocenters. The summed E-state index contributed by atoms with van der Waals surface area (Å²) in [6, 6.07) is 4.66. The molecule has 0 heterocycles. The number of aromatic hydroxyl groups is 1. The third kappa shape index (κ3) is 3.51. The molecule has 4 nitrogen and oxygen atoms in total. The average molecular weight is 277 g/mol. The van der Waals surface area contributed by atoms with Gasteiger partial charge in [0, 0.05) is 12.1 Å². The lowest BCUT2D eigenvalue weighted by atomic mass is 9.79. The summed E-state index contributed by atoms with van der Waals surface area (Å²) in [6.45, 7) is 4.27. The van der Waals surface area contributed by atoms with Crippen molar-refractivity contribution in [3.8, 4) is 5.75 Å².